The van der Waals surface area contributed by atoms with E-state index in [2.05, 4.69) is 54.1 Å². The minimum Gasteiger partial charge on any atom is -0.344 e. The molecular weight excluding hydrogens is 284 g/mol. The van der Waals surface area contributed by atoms with Crippen molar-refractivity contribution in [2.45, 2.75) is 53.2 Å². The molecule has 1 N–H and O–H groups in total. The molecule has 0 atom stereocenters. The summed E-state index contributed by atoms with van der Waals surface area (Å²) in [5.74, 6) is 0. The van der Waals surface area contributed by atoms with Crippen molar-refractivity contribution >= 4 is 11.6 Å². The summed E-state index contributed by atoms with van der Waals surface area (Å²) in [5.41, 5.74) is 3.37. The van der Waals surface area contributed by atoms with E-state index < -0.39 is 0 Å². The number of hydrogen-bond acceptors (Lipinski definition) is 2. The van der Waals surface area contributed by atoms with Gasteiger partial charge < -0.3 is 9.88 Å². The van der Waals surface area contributed by atoms with Gasteiger partial charge in [-0.3, -0.25) is 4.68 Å². The van der Waals surface area contributed by atoms with Gasteiger partial charge in [0.2, 0.25) is 0 Å². The lowest BCUT2D eigenvalue weighted by Crippen LogP contribution is -2.17. The Morgan fingerprint density at radius 2 is 2.10 bits per heavy atom. The highest BCUT2D eigenvalue weighted by Crippen LogP contribution is 2.23. The van der Waals surface area contributed by atoms with Crippen LogP contribution in [-0.4, -0.2) is 20.9 Å². The number of nitrogens with one attached hydrogen (secondary N) is 1. The Hall–Kier alpha value is -1.26. The van der Waals surface area contributed by atoms with Gasteiger partial charge in [0, 0.05) is 25.0 Å². The molecule has 0 saturated heterocycles. The molecule has 0 bridgehead atoms. The molecule has 0 amide bonds. The molecule has 0 spiro atoms. The molecule has 0 saturated carbocycles. The second kappa shape index (κ2) is 7.66. The average molecular weight is 309 g/mol. The highest BCUT2D eigenvalue weighted by Gasteiger charge is 2.15. The maximum atomic E-state index is 6.49. The van der Waals surface area contributed by atoms with Crippen LogP contribution < -0.4 is 5.32 Å². The van der Waals surface area contributed by atoms with Gasteiger partial charge in [0.25, 0.3) is 0 Å². The predicted molar refractivity (Wildman–Crippen MR) is 87.8 cm³/mol. The fraction of sp³-hybridized carbons (Fsp3) is 0.562. The molecular formula is C16H25ClN4. The summed E-state index contributed by atoms with van der Waals surface area (Å²) in [7, 11) is 0. The third kappa shape index (κ3) is 3.69. The Morgan fingerprint density at radius 1 is 1.29 bits per heavy atom. The lowest BCUT2D eigenvalue weighted by Gasteiger charge is -2.11. The van der Waals surface area contributed by atoms with E-state index in [0.29, 0.717) is 0 Å². The van der Waals surface area contributed by atoms with Gasteiger partial charge in [-0.25, -0.2) is 0 Å². The lowest BCUT2D eigenvalue weighted by atomic mass is 10.3. The average Bonchev–Trinajstić information content (AvgIpc) is 3.05. The highest BCUT2D eigenvalue weighted by molar-refractivity contribution is 6.31. The van der Waals surface area contributed by atoms with Gasteiger partial charge in [0.15, 0.2) is 0 Å². The van der Waals surface area contributed by atoms with E-state index >= 15 is 0 Å². The number of nitrogens with zero attached hydrogens (tertiary/aromatic N) is 3. The molecule has 2 aromatic rings. The van der Waals surface area contributed by atoms with Gasteiger partial charge in [-0.15, -0.1) is 0 Å². The van der Waals surface area contributed by atoms with Crippen molar-refractivity contribution in [3.05, 3.63) is 40.4 Å². The summed E-state index contributed by atoms with van der Waals surface area (Å²) in [4.78, 5) is 0. The molecule has 0 fully saturated rings. The van der Waals surface area contributed by atoms with Gasteiger partial charge in [-0.2, -0.15) is 5.10 Å². The normalized spacial score (nSPS) is 11.2. The van der Waals surface area contributed by atoms with E-state index in [1.165, 1.54) is 5.69 Å². The zero-order valence-electron chi connectivity index (χ0n) is 13.2. The Balaban J connectivity index is 2.18. The second-order valence-electron chi connectivity index (χ2n) is 5.18. The number of aryl methyl sites for hydroxylation is 2. The van der Waals surface area contributed by atoms with E-state index in [1.807, 2.05) is 4.68 Å². The Morgan fingerprint density at radius 3 is 2.76 bits per heavy atom. The van der Waals surface area contributed by atoms with E-state index in [0.717, 1.165) is 55.4 Å². The molecule has 2 heterocycles. The third-order valence-electron chi connectivity index (χ3n) is 3.67. The van der Waals surface area contributed by atoms with E-state index in [1.54, 1.807) is 0 Å². The van der Waals surface area contributed by atoms with Gasteiger partial charge in [0.05, 0.1) is 23.0 Å². The van der Waals surface area contributed by atoms with Crippen LogP contribution in [0.1, 0.15) is 44.3 Å². The number of aromatic nitrogens is 3. The summed E-state index contributed by atoms with van der Waals surface area (Å²) in [6, 6.07) is 4.24. The van der Waals surface area contributed by atoms with Crippen molar-refractivity contribution < 1.29 is 0 Å². The van der Waals surface area contributed by atoms with Gasteiger partial charge in [0.1, 0.15) is 0 Å². The minimum absolute atomic E-state index is 0.774. The third-order valence-corrected chi connectivity index (χ3v) is 4.11. The Labute approximate surface area is 132 Å². The van der Waals surface area contributed by atoms with E-state index in [-0.39, 0.29) is 0 Å². The monoisotopic (exact) mass is 308 g/mol. The molecule has 0 unspecified atom stereocenters. The smallest absolute Gasteiger partial charge is 0.0868 e. The zero-order chi connectivity index (χ0) is 15.2. The molecule has 2 rings (SSSR count). The molecule has 4 nitrogen and oxygen atoms in total. The van der Waals surface area contributed by atoms with Crippen LogP contribution in [0.4, 0.5) is 0 Å². The predicted octanol–water partition coefficient (Wildman–Crippen LogP) is 3.47. The molecule has 116 valence electrons. The minimum atomic E-state index is 0.774. The molecule has 0 aliphatic carbocycles. The summed E-state index contributed by atoms with van der Waals surface area (Å²) < 4.78 is 4.27. The van der Waals surface area contributed by atoms with Crippen molar-refractivity contribution in [3.8, 4) is 0 Å². The van der Waals surface area contributed by atoms with Crippen molar-refractivity contribution in [2.24, 2.45) is 0 Å². The van der Waals surface area contributed by atoms with Crippen molar-refractivity contribution in [2.75, 3.05) is 6.54 Å². The molecule has 2 aromatic heterocycles. The van der Waals surface area contributed by atoms with Crippen LogP contribution in [0.15, 0.2) is 18.3 Å². The number of rotatable bonds is 8. The SMILES string of the molecule is CCCNCc1cccn1Cc1c(Cl)c(CC)nn1CC. The standard InChI is InChI=1S/C16H25ClN4/c1-4-9-18-11-13-8-7-10-20(13)12-15-16(17)14(5-2)19-21(15)6-3/h7-8,10,18H,4-6,9,11-12H2,1-3H3. The number of hydrogen-bond donors (Lipinski definition) is 1. The van der Waals surface area contributed by atoms with Crippen molar-refractivity contribution in [3.63, 3.8) is 0 Å². The van der Waals surface area contributed by atoms with Crippen molar-refractivity contribution in [1.29, 1.82) is 0 Å². The summed E-state index contributed by atoms with van der Waals surface area (Å²) in [5, 5.41) is 8.86. The van der Waals surface area contributed by atoms with Gasteiger partial charge >= 0.3 is 0 Å². The van der Waals surface area contributed by atoms with Gasteiger partial charge in [-0.1, -0.05) is 25.4 Å². The first kappa shape index (κ1) is 16.1. The molecule has 0 aliphatic rings. The Bertz CT molecular complexity index is 571. The quantitative estimate of drug-likeness (QED) is 0.758. The lowest BCUT2D eigenvalue weighted by molar-refractivity contribution is 0.577. The number of halogens is 1. The van der Waals surface area contributed by atoms with Crippen LogP contribution >= 0.6 is 11.6 Å². The summed E-state index contributed by atoms with van der Waals surface area (Å²) in [6.45, 7) is 9.92. The van der Waals surface area contributed by atoms with Gasteiger partial charge in [-0.05, 0) is 38.4 Å². The summed E-state index contributed by atoms with van der Waals surface area (Å²) >= 11 is 6.49. The molecule has 5 heteroatoms. The topological polar surface area (TPSA) is 34.8 Å². The first-order chi connectivity index (χ1) is 10.2. The Kier molecular flexibility index (Phi) is 5.88. The van der Waals surface area contributed by atoms with E-state index in [4.69, 9.17) is 11.6 Å². The fourth-order valence-electron chi connectivity index (χ4n) is 2.49. The van der Waals surface area contributed by atoms with Crippen LogP contribution in [0, 0.1) is 0 Å². The molecule has 0 aromatic carbocycles. The van der Waals surface area contributed by atoms with Crippen LogP contribution in [0.5, 0.6) is 0 Å². The first-order valence-corrected chi connectivity index (χ1v) is 8.17. The maximum Gasteiger partial charge on any atom is 0.0868 e. The maximum absolute atomic E-state index is 6.49. The van der Waals surface area contributed by atoms with Crippen LogP contribution in [-0.2, 0) is 26.1 Å². The first-order valence-electron chi connectivity index (χ1n) is 7.79. The summed E-state index contributed by atoms with van der Waals surface area (Å²) in [6.07, 6.45) is 4.13. The molecule has 0 radical (unpaired) electrons. The highest BCUT2D eigenvalue weighted by atomic mass is 35.5. The van der Waals surface area contributed by atoms with Crippen molar-refractivity contribution in [1.82, 2.24) is 19.7 Å². The van der Waals surface area contributed by atoms with Crippen LogP contribution in [0.2, 0.25) is 5.02 Å². The second-order valence-corrected chi connectivity index (χ2v) is 5.56. The molecule has 21 heavy (non-hydrogen) atoms. The molecule has 0 aliphatic heterocycles. The fourth-order valence-corrected chi connectivity index (χ4v) is 2.82. The van der Waals surface area contributed by atoms with Crippen LogP contribution in [0.25, 0.3) is 0 Å². The zero-order valence-corrected chi connectivity index (χ0v) is 14.0. The van der Waals surface area contributed by atoms with E-state index in [9.17, 15) is 0 Å². The van der Waals surface area contributed by atoms with Crippen LogP contribution in [0.3, 0.4) is 0 Å². The largest absolute Gasteiger partial charge is 0.344 e.